The summed E-state index contributed by atoms with van der Waals surface area (Å²) >= 11 is 27.3. The van der Waals surface area contributed by atoms with Gasteiger partial charge in [0.05, 0.1) is 26.4 Å². The number of rotatable bonds is 55. The quantitative estimate of drug-likeness (QED) is 0.0176. The molecule has 14 heteroatoms. The highest BCUT2D eigenvalue weighted by atomic mass is 32.1. The number of hydrogen-bond acceptors (Lipinski definition) is 12. The molecule has 0 radical (unpaired) electrons. The van der Waals surface area contributed by atoms with Gasteiger partial charge in [-0.3, -0.25) is 0 Å². The lowest BCUT2D eigenvalue weighted by atomic mass is 10.1. The van der Waals surface area contributed by atoms with E-state index in [4.69, 9.17) is 43.4 Å². The lowest BCUT2D eigenvalue weighted by Crippen LogP contribution is -2.28. The molecule has 0 bridgehead atoms. The first-order valence-electron chi connectivity index (χ1n) is 26.9. The largest absolute Gasteiger partial charge is 0.430 e. The first-order valence-corrected chi connectivity index (χ1v) is 33.8. The molecule has 0 heterocycles. The Kier molecular flexibility index (Phi) is 54.3. The molecule has 2 unspecified atom stereocenters. The number of thiol groups is 6. The first kappa shape index (κ1) is 66.7. The van der Waals surface area contributed by atoms with Crippen molar-refractivity contribution < 1.29 is 27.9 Å². The fourth-order valence-electron chi connectivity index (χ4n) is 8.04. The average Bonchev–Trinajstić information content (AvgIpc) is 3.29. The van der Waals surface area contributed by atoms with E-state index in [0.717, 1.165) is 80.8 Å². The van der Waals surface area contributed by atoms with Gasteiger partial charge in [0, 0.05) is 0 Å². The zero-order valence-electron chi connectivity index (χ0n) is 41.2. The molecule has 0 aliphatic carbocycles. The average molecular weight is 1060 g/mol. The molecule has 6 nitrogen and oxygen atoms in total. The van der Waals surface area contributed by atoms with Crippen molar-refractivity contribution in [3.8, 4) is 0 Å². The Hall–Kier alpha value is 2.72. The maximum absolute atomic E-state index is 11.5. The summed E-state index contributed by atoms with van der Waals surface area (Å²) in [7, 11) is -7.07. The smallest absolute Gasteiger partial charge is 0.192 e. The zero-order valence-corrected chi connectivity index (χ0v) is 48.4. The van der Waals surface area contributed by atoms with E-state index in [1.165, 1.54) is 199 Å². The van der Waals surface area contributed by atoms with Gasteiger partial charge in [-0.2, -0.15) is 78.4 Å². The molecule has 2 atom stereocenters. The molecular weight excluding hydrogens is 951 g/mol. The van der Waals surface area contributed by atoms with Gasteiger partial charge in [-0.05, 0) is 74.4 Å². The van der Waals surface area contributed by atoms with E-state index in [9.17, 15) is 9.79 Å². The third-order valence-corrected chi connectivity index (χ3v) is 20.9. The maximum Gasteiger partial charge on any atom is 0.430 e. The van der Waals surface area contributed by atoms with E-state index in [2.05, 4.69) is 50.5 Å². The van der Waals surface area contributed by atoms with Crippen LogP contribution in [0.2, 0.25) is 0 Å². The summed E-state index contributed by atoms with van der Waals surface area (Å²) in [6.45, 7) is 1.78. The van der Waals surface area contributed by atoms with Crippen LogP contribution in [0.25, 0.3) is 0 Å². The van der Waals surface area contributed by atoms with E-state index < -0.39 is 25.9 Å². The molecule has 2 N–H and O–H groups in total. The second-order valence-electron chi connectivity index (χ2n) is 18.3. The molecule has 0 aliphatic rings. The molecule has 386 valence electrons. The van der Waals surface area contributed by atoms with E-state index in [1.54, 1.807) is 0 Å². The minimum atomic E-state index is -3.92. The van der Waals surface area contributed by atoms with E-state index in [1.807, 2.05) is 0 Å². The predicted molar refractivity (Wildman–Crippen MR) is 308 cm³/mol. The van der Waals surface area contributed by atoms with Crippen LogP contribution in [-0.4, -0.2) is 69.2 Å². The second kappa shape index (κ2) is 52.1. The van der Waals surface area contributed by atoms with Crippen LogP contribution in [-0.2, 0) is 18.1 Å². The fourth-order valence-corrected chi connectivity index (χ4v) is 14.8. The molecule has 0 spiro atoms. The third-order valence-electron chi connectivity index (χ3n) is 12.2. The van der Waals surface area contributed by atoms with Gasteiger partial charge in [0.25, 0.3) is 0 Å². The molecule has 0 fully saturated rings. The highest BCUT2D eigenvalue weighted by molar-refractivity contribution is 7.98. The molecule has 0 aromatic carbocycles. The highest BCUT2D eigenvalue weighted by Crippen LogP contribution is 2.74. The molecule has 0 saturated carbocycles. The SMILES string of the molecule is O[P+](O)(OCCCCCCCCCCCCS)C(S)C(S)[P+](OCCCCCCCCCCCCS)(OCCCCCCCCCCCCS)OCCCCCCCCCCCCS. The van der Waals surface area contributed by atoms with Crippen LogP contribution in [0.5, 0.6) is 0 Å². The zero-order chi connectivity index (χ0) is 46.9. The van der Waals surface area contributed by atoms with Crippen LogP contribution >= 0.6 is 91.7 Å². The van der Waals surface area contributed by atoms with Gasteiger partial charge in [-0.25, -0.2) is 0 Å². The Morgan fingerprint density at radius 3 is 0.625 bits per heavy atom. The van der Waals surface area contributed by atoms with Gasteiger partial charge in [0.2, 0.25) is 9.98 Å². The summed E-state index contributed by atoms with van der Waals surface area (Å²) in [5.41, 5.74) is 0. The summed E-state index contributed by atoms with van der Waals surface area (Å²) in [5.74, 6) is 3.97. The Morgan fingerprint density at radius 2 is 0.422 bits per heavy atom. The van der Waals surface area contributed by atoms with Crippen molar-refractivity contribution in [3.63, 3.8) is 0 Å². The van der Waals surface area contributed by atoms with Gasteiger partial charge in [-0.15, -0.1) is 25.3 Å². The Labute approximate surface area is 432 Å². The van der Waals surface area contributed by atoms with Crippen molar-refractivity contribution >= 4 is 91.7 Å². The van der Waals surface area contributed by atoms with Crippen LogP contribution in [0.3, 0.4) is 0 Å². The Morgan fingerprint density at radius 1 is 0.250 bits per heavy atom. The molecule has 0 aromatic rings. The van der Waals surface area contributed by atoms with Crippen molar-refractivity contribution in [2.45, 2.75) is 267 Å². The second-order valence-corrected chi connectivity index (χ2v) is 26.4. The van der Waals surface area contributed by atoms with Crippen LogP contribution < -0.4 is 0 Å². The van der Waals surface area contributed by atoms with Crippen LogP contribution in [0.1, 0.15) is 257 Å². The molecule has 0 aliphatic heterocycles. The van der Waals surface area contributed by atoms with Crippen LogP contribution in [0.15, 0.2) is 0 Å². The van der Waals surface area contributed by atoms with E-state index in [0.29, 0.717) is 19.8 Å². The maximum atomic E-state index is 11.5. The summed E-state index contributed by atoms with van der Waals surface area (Å²) in [5, 5.41) is 0. The van der Waals surface area contributed by atoms with E-state index >= 15 is 0 Å². The minimum absolute atomic E-state index is 0.289. The molecule has 0 aromatic heterocycles. The normalized spacial score (nSPS) is 13.3. The fraction of sp³-hybridized carbons (Fsp3) is 1.00. The van der Waals surface area contributed by atoms with Crippen LogP contribution in [0, 0.1) is 0 Å². The lowest BCUT2D eigenvalue weighted by molar-refractivity contribution is 0.128. The van der Waals surface area contributed by atoms with Crippen molar-refractivity contribution in [2.75, 3.05) is 49.4 Å². The van der Waals surface area contributed by atoms with Crippen molar-refractivity contribution in [1.29, 1.82) is 0 Å². The van der Waals surface area contributed by atoms with Crippen molar-refractivity contribution in [1.82, 2.24) is 0 Å². The van der Waals surface area contributed by atoms with Gasteiger partial charge < -0.3 is 0 Å². The third kappa shape index (κ3) is 42.4. The lowest BCUT2D eigenvalue weighted by Gasteiger charge is -2.29. The van der Waals surface area contributed by atoms with E-state index in [-0.39, 0.29) is 6.61 Å². The Bertz CT molecular complexity index is 852. The van der Waals surface area contributed by atoms with Crippen LogP contribution in [0.4, 0.5) is 0 Å². The van der Waals surface area contributed by atoms with Gasteiger partial charge in [0.15, 0.2) is 0 Å². The summed E-state index contributed by atoms with van der Waals surface area (Å²) in [4.78, 5) is 21.2. The van der Waals surface area contributed by atoms with Gasteiger partial charge in [0.1, 0.15) is 0 Å². The molecule has 0 amide bonds. The molecule has 0 rings (SSSR count). The monoisotopic (exact) mass is 1060 g/mol. The molecule has 0 saturated heterocycles. The molecular formula is C50H106O6P2S6+2. The van der Waals surface area contributed by atoms with Crippen molar-refractivity contribution in [3.05, 3.63) is 0 Å². The first-order chi connectivity index (χ1) is 31.3. The van der Waals surface area contributed by atoms with Gasteiger partial charge >= 0.3 is 15.9 Å². The summed E-state index contributed by atoms with van der Waals surface area (Å²) in [6, 6.07) is 0. The summed E-state index contributed by atoms with van der Waals surface area (Å²) < 4.78 is 26.2. The number of unbranched alkanes of at least 4 members (excludes halogenated alkanes) is 36. The molecule has 64 heavy (non-hydrogen) atoms. The summed E-state index contributed by atoms with van der Waals surface area (Å²) in [6.07, 6.45) is 48.3. The predicted octanol–water partition coefficient (Wildman–Crippen LogP) is 18.4. The topological polar surface area (TPSA) is 77.4 Å². The van der Waals surface area contributed by atoms with Gasteiger partial charge in [-0.1, -0.05) is 205 Å². The Balaban J connectivity index is 5.45. The van der Waals surface area contributed by atoms with Crippen molar-refractivity contribution in [2.24, 2.45) is 0 Å². The number of hydrogen-bond donors (Lipinski definition) is 8. The standard InChI is InChI=1S/C50H104O6P2S6/c51-57(52,53-41-33-25-17-9-1-5-13-21-29-37-45-59)49(63)50(64)58(54-42-34-26-18-10-2-6-14-22-30-38-46-60,55-43-35-27-19-11-3-7-15-23-31-39-47-61)56-44-36-28-20-12-4-8-16-24-32-40-48-62/h49-52H,1-48H2,(H4-2,59,60,61,62,63,64)/p+2. The highest BCUT2D eigenvalue weighted by Gasteiger charge is 2.64. The minimum Gasteiger partial charge on any atom is -0.192 e.